The van der Waals surface area contributed by atoms with Crippen LogP contribution in [0.1, 0.15) is 13.3 Å². The van der Waals surface area contributed by atoms with Crippen LogP contribution in [-0.2, 0) is 0 Å². The molecule has 0 aliphatic carbocycles. The monoisotopic (exact) mass is 278 g/mol. The van der Waals surface area contributed by atoms with Gasteiger partial charge in [0.05, 0.1) is 13.7 Å². The van der Waals surface area contributed by atoms with E-state index in [1.54, 1.807) is 6.07 Å². The largest absolute Gasteiger partial charge is 0.494 e. The third kappa shape index (κ3) is 3.11. The van der Waals surface area contributed by atoms with Crippen LogP contribution in [0, 0.1) is 5.82 Å². The zero-order valence-electron chi connectivity index (χ0n) is 11.3. The lowest BCUT2D eigenvalue weighted by Crippen LogP contribution is -2.06. The van der Waals surface area contributed by atoms with E-state index >= 15 is 0 Å². The van der Waals surface area contributed by atoms with Crippen LogP contribution >= 0.6 is 0 Å². The SMILES string of the molecule is CCCOc1nc(N)nc(-c2ccc(OC)c(F)c2)n1. The van der Waals surface area contributed by atoms with Gasteiger partial charge in [0.1, 0.15) is 0 Å². The Balaban J connectivity index is 2.36. The van der Waals surface area contributed by atoms with Gasteiger partial charge in [-0.15, -0.1) is 0 Å². The normalized spacial score (nSPS) is 10.3. The van der Waals surface area contributed by atoms with Crippen molar-refractivity contribution in [3.8, 4) is 23.1 Å². The molecule has 0 spiro atoms. The van der Waals surface area contributed by atoms with Crippen molar-refractivity contribution < 1.29 is 13.9 Å². The van der Waals surface area contributed by atoms with Gasteiger partial charge in [-0.2, -0.15) is 15.0 Å². The van der Waals surface area contributed by atoms with Gasteiger partial charge in [-0.3, -0.25) is 0 Å². The topological polar surface area (TPSA) is 83.2 Å². The average molecular weight is 278 g/mol. The molecule has 0 saturated heterocycles. The van der Waals surface area contributed by atoms with E-state index in [1.165, 1.54) is 19.2 Å². The molecule has 1 aromatic heterocycles. The Kier molecular flexibility index (Phi) is 4.29. The van der Waals surface area contributed by atoms with Crippen LogP contribution in [0.25, 0.3) is 11.4 Å². The van der Waals surface area contributed by atoms with Crippen molar-refractivity contribution in [1.82, 2.24) is 15.0 Å². The van der Waals surface area contributed by atoms with E-state index in [0.717, 1.165) is 6.42 Å². The molecule has 1 heterocycles. The quantitative estimate of drug-likeness (QED) is 0.901. The Bertz CT molecular complexity index is 607. The fraction of sp³-hybridized carbons (Fsp3) is 0.308. The second-order valence-corrected chi connectivity index (χ2v) is 4.00. The minimum atomic E-state index is -0.500. The minimum absolute atomic E-state index is 0.0253. The number of methoxy groups -OCH3 is 1. The average Bonchev–Trinajstić information content (AvgIpc) is 2.44. The summed E-state index contributed by atoms with van der Waals surface area (Å²) in [6.07, 6.45) is 0.818. The molecule has 0 radical (unpaired) electrons. The maximum absolute atomic E-state index is 13.7. The number of anilines is 1. The highest BCUT2D eigenvalue weighted by Gasteiger charge is 2.11. The zero-order chi connectivity index (χ0) is 14.5. The number of nitrogens with two attached hydrogens (primary N) is 1. The van der Waals surface area contributed by atoms with Crippen molar-refractivity contribution in [3.05, 3.63) is 24.0 Å². The molecule has 0 amide bonds. The molecular formula is C13H15FN4O2. The van der Waals surface area contributed by atoms with Crippen LogP contribution in [0.15, 0.2) is 18.2 Å². The van der Waals surface area contributed by atoms with E-state index in [0.29, 0.717) is 12.2 Å². The fourth-order valence-electron chi connectivity index (χ4n) is 1.56. The number of rotatable bonds is 5. The van der Waals surface area contributed by atoms with E-state index in [2.05, 4.69) is 15.0 Å². The lowest BCUT2D eigenvalue weighted by atomic mass is 10.2. The first-order chi connectivity index (χ1) is 9.63. The molecule has 0 unspecified atom stereocenters. The highest BCUT2D eigenvalue weighted by Crippen LogP contribution is 2.24. The molecule has 7 heteroatoms. The Morgan fingerprint density at radius 2 is 2.05 bits per heavy atom. The highest BCUT2D eigenvalue weighted by atomic mass is 19.1. The third-order valence-electron chi connectivity index (χ3n) is 2.48. The molecule has 2 N–H and O–H groups in total. The molecule has 0 aliphatic rings. The van der Waals surface area contributed by atoms with Crippen LogP contribution in [0.2, 0.25) is 0 Å². The first-order valence-corrected chi connectivity index (χ1v) is 6.12. The summed E-state index contributed by atoms with van der Waals surface area (Å²) in [5.74, 6) is -0.0688. The van der Waals surface area contributed by atoms with Gasteiger partial charge in [0.15, 0.2) is 17.4 Å². The van der Waals surface area contributed by atoms with Gasteiger partial charge >= 0.3 is 6.01 Å². The Hall–Kier alpha value is -2.44. The molecule has 2 rings (SSSR count). The van der Waals surface area contributed by atoms with Gasteiger partial charge in [-0.25, -0.2) is 4.39 Å². The summed E-state index contributed by atoms with van der Waals surface area (Å²) in [6.45, 7) is 2.43. The lowest BCUT2D eigenvalue weighted by molar-refractivity contribution is 0.292. The van der Waals surface area contributed by atoms with Gasteiger partial charge in [0, 0.05) is 5.56 Å². The summed E-state index contributed by atoms with van der Waals surface area (Å²) in [7, 11) is 1.40. The number of nitrogen functional groups attached to an aromatic ring is 1. The van der Waals surface area contributed by atoms with Gasteiger partial charge in [0.2, 0.25) is 5.95 Å². The predicted molar refractivity (Wildman–Crippen MR) is 72.0 cm³/mol. The van der Waals surface area contributed by atoms with Gasteiger partial charge < -0.3 is 15.2 Å². The summed E-state index contributed by atoms with van der Waals surface area (Å²) in [6, 6.07) is 4.54. The molecule has 0 fully saturated rings. The Morgan fingerprint density at radius 1 is 1.25 bits per heavy atom. The molecule has 0 bridgehead atoms. The molecule has 0 aliphatic heterocycles. The summed E-state index contributed by atoms with van der Waals surface area (Å²) < 4.78 is 23.9. The second kappa shape index (κ2) is 6.14. The number of halogens is 1. The number of hydrogen-bond acceptors (Lipinski definition) is 6. The van der Waals surface area contributed by atoms with E-state index in [1.807, 2.05) is 6.92 Å². The first kappa shape index (κ1) is 14.0. The van der Waals surface area contributed by atoms with E-state index in [4.69, 9.17) is 15.2 Å². The van der Waals surface area contributed by atoms with Crippen molar-refractivity contribution >= 4 is 5.95 Å². The maximum Gasteiger partial charge on any atom is 0.321 e. The van der Waals surface area contributed by atoms with Crippen molar-refractivity contribution in [3.63, 3.8) is 0 Å². The standard InChI is InChI=1S/C13H15FN4O2/c1-3-6-20-13-17-11(16-12(15)18-13)8-4-5-10(19-2)9(14)7-8/h4-5,7H,3,6H2,1-2H3,(H2,15,16,17,18). The molecule has 106 valence electrons. The second-order valence-electron chi connectivity index (χ2n) is 4.00. The first-order valence-electron chi connectivity index (χ1n) is 6.12. The lowest BCUT2D eigenvalue weighted by Gasteiger charge is -2.07. The van der Waals surface area contributed by atoms with Crippen LogP contribution in [0.3, 0.4) is 0 Å². The van der Waals surface area contributed by atoms with Crippen LogP contribution in [-0.4, -0.2) is 28.7 Å². The predicted octanol–water partition coefficient (Wildman–Crippen LogP) is 2.06. The number of nitrogens with zero attached hydrogens (tertiary/aromatic N) is 3. The molecule has 20 heavy (non-hydrogen) atoms. The smallest absolute Gasteiger partial charge is 0.321 e. The van der Waals surface area contributed by atoms with Gasteiger partial charge in [-0.05, 0) is 24.6 Å². The molecule has 2 aromatic rings. The maximum atomic E-state index is 13.7. The van der Waals surface area contributed by atoms with Crippen molar-refractivity contribution in [1.29, 1.82) is 0 Å². The highest BCUT2D eigenvalue weighted by molar-refractivity contribution is 5.57. The van der Waals surface area contributed by atoms with Crippen molar-refractivity contribution in [2.75, 3.05) is 19.5 Å². The van der Waals surface area contributed by atoms with E-state index < -0.39 is 5.82 Å². The molecule has 1 aromatic carbocycles. The van der Waals surface area contributed by atoms with Crippen LogP contribution in [0.5, 0.6) is 11.8 Å². The van der Waals surface area contributed by atoms with Crippen molar-refractivity contribution in [2.45, 2.75) is 13.3 Å². The van der Waals surface area contributed by atoms with Crippen LogP contribution in [0.4, 0.5) is 10.3 Å². The summed E-state index contributed by atoms with van der Waals surface area (Å²) >= 11 is 0. The molecular weight excluding hydrogens is 263 g/mol. The summed E-state index contributed by atoms with van der Waals surface area (Å²) in [5.41, 5.74) is 6.07. The number of aromatic nitrogens is 3. The van der Waals surface area contributed by atoms with Gasteiger partial charge in [0.25, 0.3) is 0 Å². The Morgan fingerprint density at radius 3 is 2.70 bits per heavy atom. The number of ether oxygens (including phenoxy) is 2. The van der Waals surface area contributed by atoms with E-state index in [-0.39, 0.29) is 23.5 Å². The zero-order valence-corrected chi connectivity index (χ0v) is 11.3. The van der Waals surface area contributed by atoms with Gasteiger partial charge in [-0.1, -0.05) is 6.92 Å². The van der Waals surface area contributed by atoms with E-state index in [9.17, 15) is 4.39 Å². The summed E-state index contributed by atoms with van der Waals surface area (Å²) in [5, 5.41) is 0. The summed E-state index contributed by atoms with van der Waals surface area (Å²) in [4.78, 5) is 12.0. The molecule has 0 atom stereocenters. The molecule has 6 nitrogen and oxygen atoms in total. The third-order valence-corrected chi connectivity index (χ3v) is 2.48. The number of hydrogen-bond donors (Lipinski definition) is 1. The fourth-order valence-corrected chi connectivity index (χ4v) is 1.56. The number of benzene rings is 1. The van der Waals surface area contributed by atoms with Crippen LogP contribution < -0.4 is 15.2 Å². The Labute approximate surface area is 115 Å². The van der Waals surface area contributed by atoms with Crippen molar-refractivity contribution in [2.24, 2.45) is 0 Å². The molecule has 0 saturated carbocycles. The minimum Gasteiger partial charge on any atom is -0.494 e.